The molecule has 2 heterocycles. The van der Waals surface area contributed by atoms with Gasteiger partial charge in [-0.15, -0.1) is 0 Å². The Morgan fingerprint density at radius 1 is 1.53 bits per heavy atom. The van der Waals surface area contributed by atoms with Gasteiger partial charge in [-0.25, -0.2) is 0 Å². The number of rotatable bonds is 5. The Morgan fingerprint density at radius 2 is 2.24 bits per heavy atom. The summed E-state index contributed by atoms with van der Waals surface area (Å²) in [5, 5.41) is 31.4. The van der Waals surface area contributed by atoms with Crippen molar-refractivity contribution in [3.05, 3.63) is 12.2 Å². The number of aliphatic hydroxyl groups excluding tert-OH is 2. The Labute approximate surface area is 101 Å². The van der Waals surface area contributed by atoms with E-state index in [4.69, 9.17) is 9.84 Å². The predicted molar refractivity (Wildman–Crippen MR) is 62.5 cm³/mol. The smallest absolute Gasteiger partial charge is 0.103 e. The van der Waals surface area contributed by atoms with Gasteiger partial charge in [0.1, 0.15) is 6.10 Å². The number of nitrogens with one attached hydrogen (secondary N) is 1. The fourth-order valence-electron chi connectivity index (χ4n) is 2.12. The van der Waals surface area contributed by atoms with Gasteiger partial charge in [0.25, 0.3) is 0 Å². The van der Waals surface area contributed by atoms with Crippen molar-refractivity contribution in [2.45, 2.75) is 49.7 Å². The van der Waals surface area contributed by atoms with Gasteiger partial charge in [0.15, 0.2) is 0 Å². The van der Waals surface area contributed by atoms with E-state index in [1.54, 1.807) is 13.0 Å². The largest absolute Gasteiger partial charge is 0.394 e. The highest BCUT2D eigenvalue weighted by Crippen LogP contribution is 2.25. The summed E-state index contributed by atoms with van der Waals surface area (Å²) in [7, 11) is 0. The van der Waals surface area contributed by atoms with Crippen LogP contribution in [0.5, 0.6) is 0 Å². The molecule has 0 saturated carbocycles. The summed E-state index contributed by atoms with van der Waals surface area (Å²) >= 11 is 0. The highest BCUT2D eigenvalue weighted by atomic mass is 16.5. The Morgan fingerprint density at radius 3 is 2.82 bits per heavy atom. The minimum Gasteiger partial charge on any atom is -0.394 e. The minimum atomic E-state index is -0.836. The molecule has 3 unspecified atom stereocenters. The van der Waals surface area contributed by atoms with Gasteiger partial charge in [0, 0.05) is 6.54 Å². The van der Waals surface area contributed by atoms with Crippen LogP contribution in [0, 0.1) is 0 Å². The zero-order chi connectivity index (χ0) is 12.5. The first kappa shape index (κ1) is 13.0. The van der Waals surface area contributed by atoms with Crippen molar-refractivity contribution in [1.29, 1.82) is 0 Å². The summed E-state index contributed by atoms with van der Waals surface area (Å²) < 4.78 is 5.58. The maximum atomic E-state index is 10.0. The van der Waals surface area contributed by atoms with Crippen LogP contribution < -0.4 is 5.32 Å². The molecular weight excluding hydrogens is 222 g/mol. The highest BCUT2D eigenvalue weighted by Gasteiger charge is 2.38. The lowest BCUT2D eigenvalue weighted by atomic mass is 10.0. The van der Waals surface area contributed by atoms with Gasteiger partial charge in [-0.3, -0.25) is 0 Å². The Hall–Kier alpha value is -0.460. The van der Waals surface area contributed by atoms with E-state index < -0.39 is 11.7 Å². The van der Waals surface area contributed by atoms with Gasteiger partial charge < -0.3 is 25.4 Å². The molecule has 0 aliphatic carbocycles. The van der Waals surface area contributed by atoms with E-state index in [0.29, 0.717) is 0 Å². The highest BCUT2D eigenvalue weighted by molar-refractivity contribution is 5.13. The van der Waals surface area contributed by atoms with Crippen molar-refractivity contribution in [2.75, 3.05) is 13.2 Å². The third kappa shape index (κ3) is 3.26. The quantitative estimate of drug-likeness (QED) is 0.373. The molecule has 0 aromatic carbocycles. The van der Waals surface area contributed by atoms with E-state index in [9.17, 15) is 10.2 Å². The minimum absolute atomic E-state index is 0.0774. The summed E-state index contributed by atoms with van der Waals surface area (Å²) in [5.41, 5.74) is -0.836. The first-order chi connectivity index (χ1) is 8.03. The summed E-state index contributed by atoms with van der Waals surface area (Å²) in [6.45, 7) is 2.34. The van der Waals surface area contributed by atoms with Crippen molar-refractivity contribution in [2.24, 2.45) is 0 Å². The third-order valence-electron chi connectivity index (χ3n) is 3.46. The molecular formula is C12H21NO4. The number of ether oxygens (including phenoxy) is 1. The molecule has 5 atom stereocenters. The standard InChI is InChI=1S/C12H21NO4/c1-12(16,11-6-13-11)5-4-8-2-3-10(17-8)9(15)7-14/h4-5,8-11,13-16H,2-3,6-7H2,1H3/b5-4+/t8-,9?,10-,11?,12?/m0/s1. The molecule has 0 aromatic rings. The molecule has 5 heteroatoms. The molecule has 0 bridgehead atoms. The summed E-state index contributed by atoms with van der Waals surface area (Å²) in [6, 6.07) is 0.138. The monoisotopic (exact) mass is 243 g/mol. The SMILES string of the molecule is CC(O)(/C=C/[C@@H]1CC[C@@H](C(O)CO)O1)C1CN1. The summed E-state index contributed by atoms with van der Waals surface area (Å²) in [4.78, 5) is 0. The van der Waals surface area contributed by atoms with Gasteiger partial charge in [0.05, 0.1) is 30.5 Å². The van der Waals surface area contributed by atoms with E-state index in [1.165, 1.54) is 0 Å². The van der Waals surface area contributed by atoms with E-state index >= 15 is 0 Å². The van der Waals surface area contributed by atoms with Crippen molar-refractivity contribution in [3.8, 4) is 0 Å². The Kier molecular flexibility index (Phi) is 3.85. The topological polar surface area (TPSA) is 91.9 Å². The second-order valence-corrected chi connectivity index (χ2v) is 5.09. The zero-order valence-corrected chi connectivity index (χ0v) is 10.0. The molecule has 2 aliphatic rings. The molecule has 0 amide bonds. The van der Waals surface area contributed by atoms with Gasteiger partial charge in [-0.05, 0) is 19.8 Å². The fraction of sp³-hybridized carbons (Fsp3) is 0.833. The molecule has 98 valence electrons. The summed E-state index contributed by atoms with van der Waals surface area (Å²) in [5.74, 6) is 0. The van der Waals surface area contributed by atoms with Crippen LogP contribution in [0.25, 0.3) is 0 Å². The molecule has 2 fully saturated rings. The second kappa shape index (κ2) is 5.04. The second-order valence-electron chi connectivity index (χ2n) is 5.09. The van der Waals surface area contributed by atoms with Crippen molar-refractivity contribution >= 4 is 0 Å². The number of aliphatic hydroxyl groups is 3. The lowest BCUT2D eigenvalue weighted by Gasteiger charge is -2.18. The van der Waals surface area contributed by atoms with E-state index in [0.717, 1.165) is 19.4 Å². The molecule has 5 nitrogen and oxygen atoms in total. The van der Waals surface area contributed by atoms with Crippen molar-refractivity contribution in [1.82, 2.24) is 5.32 Å². The first-order valence-electron chi connectivity index (χ1n) is 6.12. The van der Waals surface area contributed by atoms with Crippen molar-refractivity contribution < 1.29 is 20.1 Å². The van der Waals surface area contributed by atoms with Crippen molar-refractivity contribution in [3.63, 3.8) is 0 Å². The van der Waals surface area contributed by atoms with Gasteiger partial charge in [0.2, 0.25) is 0 Å². The molecule has 2 aliphatic heterocycles. The molecule has 0 aromatic heterocycles. The van der Waals surface area contributed by atoms with Gasteiger partial charge in [-0.2, -0.15) is 0 Å². The van der Waals surface area contributed by atoms with Crippen LogP contribution >= 0.6 is 0 Å². The van der Waals surface area contributed by atoms with Crippen LogP contribution in [0.2, 0.25) is 0 Å². The Balaban J connectivity index is 1.82. The van der Waals surface area contributed by atoms with E-state index in [2.05, 4.69) is 5.32 Å². The lowest BCUT2D eigenvalue weighted by Crippen LogP contribution is -2.31. The first-order valence-corrected chi connectivity index (χ1v) is 6.12. The van der Waals surface area contributed by atoms with Crippen LogP contribution in [0.15, 0.2) is 12.2 Å². The zero-order valence-electron chi connectivity index (χ0n) is 10.0. The van der Waals surface area contributed by atoms with Crippen LogP contribution in [0.4, 0.5) is 0 Å². The van der Waals surface area contributed by atoms with Crippen LogP contribution in [-0.2, 0) is 4.74 Å². The number of hydrogen-bond acceptors (Lipinski definition) is 5. The Bertz CT molecular complexity index is 288. The fourth-order valence-corrected chi connectivity index (χ4v) is 2.12. The van der Waals surface area contributed by atoms with Crippen LogP contribution in [0.3, 0.4) is 0 Å². The molecule has 2 saturated heterocycles. The normalized spacial score (nSPS) is 38.2. The predicted octanol–water partition coefficient (Wildman–Crippen LogP) is -0.834. The van der Waals surface area contributed by atoms with Gasteiger partial charge in [-0.1, -0.05) is 12.2 Å². The molecule has 17 heavy (non-hydrogen) atoms. The molecule has 2 rings (SSSR count). The third-order valence-corrected chi connectivity index (χ3v) is 3.46. The van der Waals surface area contributed by atoms with Gasteiger partial charge >= 0.3 is 0 Å². The van der Waals surface area contributed by atoms with E-state index in [1.807, 2.05) is 6.08 Å². The van der Waals surface area contributed by atoms with E-state index in [-0.39, 0.29) is 24.9 Å². The molecule has 0 spiro atoms. The molecule has 0 radical (unpaired) electrons. The summed E-state index contributed by atoms with van der Waals surface area (Å²) in [6.07, 6.45) is 3.98. The average Bonchev–Trinajstić information content (AvgIpc) is 3.06. The lowest BCUT2D eigenvalue weighted by molar-refractivity contribution is -0.0433. The average molecular weight is 243 g/mol. The van der Waals surface area contributed by atoms with Crippen LogP contribution in [0.1, 0.15) is 19.8 Å². The molecule has 4 N–H and O–H groups in total. The van der Waals surface area contributed by atoms with Crippen LogP contribution in [-0.4, -0.2) is 58.4 Å². The maximum Gasteiger partial charge on any atom is 0.103 e. The maximum absolute atomic E-state index is 10.0. The number of hydrogen-bond donors (Lipinski definition) is 4.